The molecule has 0 spiro atoms. The van der Waals surface area contributed by atoms with Crippen LogP contribution in [0.4, 0.5) is 4.79 Å². The summed E-state index contributed by atoms with van der Waals surface area (Å²) in [6.45, 7) is 7.30. The molecule has 0 aromatic rings. The summed E-state index contributed by atoms with van der Waals surface area (Å²) >= 11 is 0. The third-order valence-corrected chi connectivity index (χ3v) is 2.71. The molecule has 0 bridgehead atoms. The number of amides is 1. The molecule has 0 aliphatic rings. The lowest BCUT2D eigenvalue weighted by Gasteiger charge is -2.20. The predicted molar refractivity (Wildman–Crippen MR) is 81.8 cm³/mol. The van der Waals surface area contributed by atoms with E-state index < -0.39 is 18.0 Å². The first-order valence-corrected chi connectivity index (χ1v) is 7.39. The van der Waals surface area contributed by atoms with E-state index in [1.807, 2.05) is 13.8 Å². The second-order valence-electron chi connectivity index (χ2n) is 4.39. The summed E-state index contributed by atoms with van der Waals surface area (Å²) in [6.07, 6.45) is 0.0934. The highest BCUT2D eigenvalue weighted by Gasteiger charge is 2.18. The van der Waals surface area contributed by atoms with Crippen molar-refractivity contribution in [1.82, 2.24) is 4.90 Å². The maximum absolute atomic E-state index is 12.0. The normalized spacial score (nSPS) is 11.0. The van der Waals surface area contributed by atoms with Crippen LogP contribution in [-0.4, -0.2) is 69.6 Å². The summed E-state index contributed by atoms with van der Waals surface area (Å²) in [7, 11) is 1.19. The Morgan fingerprint density at radius 2 is 1.52 bits per heavy atom. The zero-order valence-electron chi connectivity index (χ0n) is 14.1. The molecule has 0 atom stereocenters. The predicted octanol–water partition coefficient (Wildman–Crippen LogP) is 1.14. The minimum atomic E-state index is -0.935. The first-order chi connectivity index (χ1) is 11.0. The van der Waals surface area contributed by atoms with Crippen LogP contribution in [0, 0.1) is 0 Å². The highest BCUT2D eigenvalue weighted by Crippen LogP contribution is 2.00. The standard InChI is InChI=1S/C15H25NO7/c1-5-21-9-7-16(8-10-22-6-2)15(19)23-13(17)11-12(3)14(18)20-4/h11H,5-10H2,1-4H3/b12-11+. The number of ether oxygens (including phenoxy) is 4. The van der Waals surface area contributed by atoms with Gasteiger partial charge in [-0.3, -0.25) is 0 Å². The second kappa shape index (κ2) is 12.6. The molecule has 0 N–H and O–H groups in total. The number of methoxy groups -OCH3 is 1. The van der Waals surface area contributed by atoms with E-state index >= 15 is 0 Å². The van der Waals surface area contributed by atoms with Gasteiger partial charge in [0.25, 0.3) is 0 Å². The van der Waals surface area contributed by atoms with Gasteiger partial charge in [-0.15, -0.1) is 0 Å². The van der Waals surface area contributed by atoms with Crippen LogP contribution in [0.1, 0.15) is 20.8 Å². The molecule has 0 radical (unpaired) electrons. The first-order valence-electron chi connectivity index (χ1n) is 7.39. The minimum absolute atomic E-state index is 0.0421. The van der Waals surface area contributed by atoms with E-state index in [4.69, 9.17) is 14.2 Å². The topological polar surface area (TPSA) is 91.4 Å². The maximum atomic E-state index is 12.0. The van der Waals surface area contributed by atoms with Gasteiger partial charge < -0.3 is 23.8 Å². The van der Waals surface area contributed by atoms with Crippen LogP contribution in [0.5, 0.6) is 0 Å². The Hall–Kier alpha value is -1.93. The monoisotopic (exact) mass is 331 g/mol. The Balaban J connectivity index is 4.60. The van der Waals surface area contributed by atoms with Gasteiger partial charge in [0.15, 0.2) is 0 Å². The lowest BCUT2D eigenvalue weighted by molar-refractivity contribution is -0.137. The van der Waals surface area contributed by atoms with Crippen molar-refractivity contribution in [3.8, 4) is 0 Å². The van der Waals surface area contributed by atoms with Gasteiger partial charge >= 0.3 is 18.0 Å². The molecule has 0 saturated heterocycles. The highest BCUT2D eigenvalue weighted by molar-refractivity contribution is 5.98. The van der Waals surface area contributed by atoms with E-state index in [0.29, 0.717) is 26.4 Å². The van der Waals surface area contributed by atoms with Crippen LogP contribution in [0.3, 0.4) is 0 Å². The molecule has 132 valence electrons. The fourth-order valence-corrected chi connectivity index (χ4v) is 1.51. The summed E-state index contributed by atoms with van der Waals surface area (Å²) in [4.78, 5) is 36.1. The van der Waals surface area contributed by atoms with E-state index in [1.165, 1.54) is 18.9 Å². The zero-order chi connectivity index (χ0) is 17.7. The second-order valence-corrected chi connectivity index (χ2v) is 4.39. The van der Waals surface area contributed by atoms with Crippen molar-refractivity contribution in [3.05, 3.63) is 11.6 Å². The van der Waals surface area contributed by atoms with E-state index in [1.54, 1.807) is 0 Å². The molecule has 0 fully saturated rings. The third-order valence-electron chi connectivity index (χ3n) is 2.71. The van der Waals surface area contributed by atoms with Crippen molar-refractivity contribution in [1.29, 1.82) is 0 Å². The molecule has 0 aliphatic heterocycles. The molecule has 0 aromatic carbocycles. The summed E-state index contributed by atoms with van der Waals surface area (Å²) in [6, 6.07) is 0. The molecule has 0 heterocycles. The number of nitrogens with zero attached hydrogens (tertiary/aromatic N) is 1. The number of esters is 2. The Bertz CT molecular complexity index is 410. The van der Waals surface area contributed by atoms with Crippen LogP contribution in [-0.2, 0) is 28.5 Å². The van der Waals surface area contributed by atoms with E-state index in [9.17, 15) is 14.4 Å². The third kappa shape index (κ3) is 9.64. The zero-order valence-corrected chi connectivity index (χ0v) is 14.1. The van der Waals surface area contributed by atoms with Gasteiger partial charge in [0, 0.05) is 38.0 Å². The molecule has 0 aliphatic carbocycles. The van der Waals surface area contributed by atoms with Crippen molar-refractivity contribution in [2.45, 2.75) is 20.8 Å². The van der Waals surface area contributed by atoms with Crippen LogP contribution in [0.2, 0.25) is 0 Å². The molecule has 0 unspecified atom stereocenters. The van der Waals surface area contributed by atoms with Gasteiger partial charge in [0.05, 0.1) is 20.3 Å². The highest BCUT2D eigenvalue weighted by atomic mass is 16.6. The Morgan fingerprint density at radius 1 is 1.00 bits per heavy atom. The molecule has 0 saturated carbocycles. The van der Waals surface area contributed by atoms with Gasteiger partial charge in [0.2, 0.25) is 0 Å². The Kier molecular flexibility index (Phi) is 11.5. The van der Waals surface area contributed by atoms with Crippen molar-refractivity contribution < 1.29 is 33.3 Å². The van der Waals surface area contributed by atoms with Gasteiger partial charge in [-0.1, -0.05) is 0 Å². The molecule has 0 rings (SSSR count). The fraction of sp³-hybridized carbons (Fsp3) is 0.667. The van der Waals surface area contributed by atoms with Crippen molar-refractivity contribution >= 4 is 18.0 Å². The van der Waals surface area contributed by atoms with E-state index in [0.717, 1.165) is 6.08 Å². The van der Waals surface area contributed by atoms with Gasteiger partial charge in [-0.2, -0.15) is 0 Å². The van der Waals surface area contributed by atoms with Crippen molar-refractivity contribution in [2.75, 3.05) is 46.6 Å². The Morgan fingerprint density at radius 3 is 1.96 bits per heavy atom. The molecule has 23 heavy (non-hydrogen) atoms. The fourth-order valence-electron chi connectivity index (χ4n) is 1.51. The summed E-state index contributed by atoms with van der Waals surface area (Å²) in [5.41, 5.74) is 0.0421. The quantitative estimate of drug-likeness (QED) is 0.256. The average molecular weight is 331 g/mol. The summed E-state index contributed by atoms with van der Waals surface area (Å²) in [5.74, 6) is -1.60. The summed E-state index contributed by atoms with van der Waals surface area (Å²) in [5, 5.41) is 0. The van der Waals surface area contributed by atoms with Crippen LogP contribution >= 0.6 is 0 Å². The smallest absolute Gasteiger partial charge is 0.417 e. The largest absolute Gasteiger partial charge is 0.466 e. The molecule has 8 nitrogen and oxygen atoms in total. The Labute approximate surface area is 136 Å². The molecule has 0 aromatic heterocycles. The number of hydrogen-bond acceptors (Lipinski definition) is 7. The lowest BCUT2D eigenvalue weighted by Crippen LogP contribution is -2.38. The lowest BCUT2D eigenvalue weighted by atomic mass is 10.3. The van der Waals surface area contributed by atoms with Crippen molar-refractivity contribution in [3.63, 3.8) is 0 Å². The number of carbonyl (C=O) groups excluding carboxylic acids is 3. The number of rotatable bonds is 10. The van der Waals surface area contributed by atoms with E-state index in [2.05, 4.69) is 4.74 Å². The average Bonchev–Trinajstić information content (AvgIpc) is 2.52. The van der Waals surface area contributed by atoms with Gasteiger partial charge in [-0.25, -0.2) is 14.4 Å². The molecule has 1 amide bonds. The molecular weight excluding hydrogens is 306 g/mol. The SMILES string of the molecule is CCOCCN(CCOCC)C(=O)OC(=O)/C=C(\C)C(=O)OC. The van der Waals surface area contributed by atoms with Gasteiger partial charge in [0.1, 0.15) is 0 Å². The van der Waals surface area contributed by atoms with E-state index in [-0.39, 0.29) is 18.7 Å². The molecular formula is C15H25NO7. The summed E-state index contributed by atoms with van der Waals surface area (Å²) < 4.78 is 19.5. The van der Waals surface area contributed by atoms with Crippen LogP contribution < -0.4 is 0 Å². The molecule has 8 heteroatoms. The van der Waals surface area contributed by atoms with Gasteiger partial charge in [-0.05, 0) is 20.8 Å². The number of hydrogen-bond donors (Lipinski definition) is 0. The maximum Gasteiger partial charge on any atom is 0.417 e. The minimum Gasteiger partial charge on any atom is -0.466 e. The van der Waals surface area contributed by atoms with Crippen LogP contribution in [0.25, 0.3) is 0 Å². The van der Waals surface area contributed by atoms with Crippen LogP contribution in [0.15, 0.2) is 11.6 Å². The van der Waals surface area contributed by atoms with Crippen molar-refractivity contribution in [2.24, 2.45) is 0 Å². The first kappa shape index (κ1) is 21.1. The number of carbonyl (C=O) groups is 3.